The first-order chi connectivity index (χ1) is 17.5. The SMILES string of the molecule is Cn1c(=O)n(C2CCC(=O)NC2=O)c2cccc(C#CCOC3CCN(CC4CCCCC4)CC3)c21. The average molecular weight is 493 g/mol. The number of carbonyl (C=O) groups is 2. The van der Waals surface area contributed by atoms with E-state index >= 15 is 0 Å². The highest BCUT2D eigenvalue weighted by Gasteiger charge is 2.31. The number of aryl methyl sites for hydroxylation is 1. The first-order valence-corrected chi connectivity index (χ1v) is 13.4. The Morgan fingerprint density at radius 2 is 1.81 bits per heavy atom. The minimum atomic E-state index is -0.700. The van der Waals surface area contributed by atoms with Gasteiger partial charge in [0.25, 0.3) is 0 Å². The molecule has 5 rings (SSSR count). The van der Waals surface area contributed by atoms with Crippen molar-refractivity contribution in [3.05, 3.63) is 34.2 Å². The highest BCUT2D eigenvalue weighted by Crippen LogP contribution is 2.26. The number of piperidine rings is 2. The number of nitrogens with zero attached hydrogens (tertiary/aromatic N) is 3. The summed E-state index contributed by atoms with van der Waals surface area (Å²) in [5.41, 5.74) is 1.78. The van der Waals surface area contributed by atoms with Crippen LogP contribution >= 0.6 is 0 Å². The standard InChI is InChI=1S/C28H36N4O4/c1-30-26-21(9-5-11-23(26)32(28(30)35)24-12-13-25(33)29-27(24)34)10-6-18-36-22-14-16-31(17-15-22)19-20-7-3-2-4-8-20/h5,9,11,20,22,24H,2-4,7-8,12-19H2,1H3,(H,29,33,34). The molecule has 2 aliphatic heterocycles. The molecule has 2 aromatic rings. The molecule has 192 valence electrons. The fourth-order valence-corrected chi connectivity index (χ4v) is 6.05. The van der Waals surface area contributed by atoms with Crippen LogP contribution in [0.4, 0.5) is 0 Å². The molecule has 1 aliphatic carbocycles. The zero-order valence-electron chi connectivity index (χ0n) is 21.1. The van der Waals surface area contributed by atoms with Gasteiger partial charge in [0, 0.05) is 33.1 Å². The Morgan fingerprint density at radius 3 is 2.56 bits per heavy atom. The number of hydrogen-bond acceptors (Lipinski definition) is 5. The molecule has 1 unspecified atom stereocenters. The van der Waals surface area contributed by atoms with Gasteiger partial charge in [0.05, 0.1) is 22.7 Å². The van der Waals surface area contributed by atoms with Gasteiger partial charge in [-0.1, -0.05) is 37.2 Å². The van der Waals surface area contributed by atoms with Gasteiger partial charge in [-0.2, -0.15) is 0 Å². The van der Waals surface area contributed by atoms with Crippen molar-refractivity contribution in [2.24, 2.45) is 13.0 Å². The number of aromatic nitrogens is 2. The van der Waals surface area contributed by atoms with Crippen molar-refractivity contribution in [2.45, 2.75) is 69.9 Å². The van der Waals surface area contributed by atoms with Crippen LogP contribution in [-0.4, -0.2) is 58.2 Å². The molecular formula is C28H36N4O4. The van der Waals surface area contributed by atoms with Crippen molar-refractivity contribution in [3.8, 4) is 11.8 Å². The summed E-state index contributed by atoms with van der Waals surface area (Å²) in [4.78, 5) is 39.6. The molecule has 0 radical (unpaired) electrons. The second kappa shape index (κ2) is 11.0. The van der Waals surface area contributed by atoms with Crippen molar-refractivity contribution in [1.29, 1.82) is 0 Å². The number of carbonyl (C=O) groups excluding carboxylic acids is 2. The average Bonchev–Trinajstić information content (AvgIpc) is 3.14. The zero-order chi connectivity index (χ0) is 25.1. The Kier molecular flexibility index (Phi) is 7.59. The van der Waals surface area contributed by atoms with Crippen LogP contribution in [0.25, 0.3) is 11.0 Å². The van der Waals surface area contributed by atoms with Crippen molar-refractivity contribution in [2.75, 3.05) is 26.2 Å². The Morgan fingerprint density at radius 1 is 1.03 bits per heavy atom. The largest absolute Gasteiger partial charge is 0.365 e. The summed E-state index contributed by atoms with van der Waals surface area (Å²) >= 11 is 0. The Labute approximate surface area is 212 Å². The summed E-state index contributed by atoms with van der Waals surface area (Å²) in [6, 6.07) is 4.85. The van der Waals surface area contributed by atoms with Crippen molar-refractivity contribution in [3.63, 3.8) is 0 Å². The van der Waals surface area contributed by atoms with Gasteiger partial charge in [-0.3, -0.25) is 24.0 Å². The third-order valence-electron chi connectivity index (χ3n) is 8.01. The number of imide groups is 1. The summed E-state index contributed by atoms with van der Waals surface area (Å²) in [6.45, 7) is 3.80. The van der Waals surface area contributed by atoms with Gasteiger partial charge in [0.15, 0.2) is 0 Å². The van der Waals surface area contributed by atoms with Crippen molar-refractivity contribution >= 4 is 22.8 Å². The van der Waals surface area contributed by atoms with Gasteiger partial charge in [-0.15, -0.1) is 0 Å². The van der Waals surface area contributed by atoms with Crippen LogP contribution in [0.1, 0.15) is 69.4 Å². The number of fused-ring (bicyclic) bond motifs is 1. The minimum Gasteiger partial charge on any atom is -0.365 e. The summed E-state index contributed by atoms with van der Waals surface area (Å²) in [5.74, 6) is 6.46. The van der Waals surface area contributed by atoms with E-state index in [0.717, 1.165) is 37.4 Å². The molecule has 1 saturated carbocycles. The molecule has 8 nitrogen and oxygen atoms in total. The van der Waals surface area contributed by atoms with Gasteiger partial charge in [-0.05, 0) is 50.2 Å². The summed E-state index contributed by atoms with van der Waals surface area (Å²) in [5, 5.41) is 2.35. The number of hydrogen-bond donors (Lipinski definition) is 1. The minimum absolute atomic E-state index is 0.218. The third kappa shape index (κ3) is 5.28. The monoisotopic (exact) mass is 492 g/mol. The van der Waals surface area contributed by atoms with E-state index in [1.54, 1.807) is 7.05 Å². The number of para-hydroxylation sites is 1. The van der Waals surface area contributed by atoms with Crippen LogP contribution in [-0.2, 0) is 21.4 Å². The second-order valence-corrected chi connectivity index (χ2v) is 10.5. The second-order valence-electron chi connectivity index (χ2n) is 10.5. The molecule has 3 aliphatic rings. The molecule has 0 bridgehead atoms. The van der Waals surface area contributed by atoms with E-state index in [0.29, 0.717) is 24.1 Å². The Hall–Kier alpha value is -2.89. The van der Waals surface area contributed by atoms with Crippen LogP contribution in [0.5, 0.6) is 0 Å². The van der Waals surface area contributed by atoms with Gasteiger partial charge in [0.2, 0.25) is 11.8 Å². The summed E-state index contributed by atoms with van der Waals surface area (Å²) in [6.07, 6.45) is 9.85. The van der Waals surface area contributed by atoms with Crippen LogP contribution in [0.2, 0.25) is 0 Å². The molecule has 0 spiro atoms. The summed E-state index contributed by atoms with van der Waals surface area (Å²) in [7, 11) is 1.69. The Bertz CT molecular complexity index is 1240. The molecule has 8 heteroatoms. The van der Waals surface area contributed by atoms with Crippen molar-refractivity contribution < 1.29 is 14.3 Å². The van der Waals surface area contributed by atoms with Gasteiger partial charge >= 0.3 is 5.69 Å². The summed E-state index contributed by atoms with van der Waals surface area (Å²) < 4.78 is 9.09. The molecule has 36 heavy (non-hydrogen) atoms. The maximum atomic E-state index is 13.0. The van der Waals surface area contributed by atoms with Crippen LogP contribution in [0.15, 0.2) is 23.0 Å². The fourth-order valence-electron chi connectivity index (χ4n) is 6.05. The quantitative estimate of drug-likeness (QED) is 0.513. The van der Waals surface area contributed by atoms with Gasteiger partial charge in [0.1, 0.15) is 12.6 Å². The van der Waals surface area contributed by atoms with Crippen molar-refractivity contribution in [1.82, 2.24) is 19.4 Å². The van der Waals surface area contributed by atoms with Crippen LogP contribution in [0, 0.1) is 17.8 Å². The molecule has 3 fully saturated rings. The molecular weight excluding hydrogens is 456 g/mol. The molecule has 2 amide bonds. The normalized spacial score (nSPS) is 22.4. The first kappa shape index (κ1) is 24.8. The Balaban J connectivity index is 1.21. The lowest BCUT2D eigenvalue weighted by Gasteiger charge is -2.35. The lowest BCUT2D eigenvalue weighted by molar-refractivity contribution is -0.135. The van der Waals surface area contributed by atoms with E-state index < -0.39 is 11.9 Å². The molecule has 3 heterocycles. The van der Waals surface area contributed by atoms with E-state index in [1.807, 2.05) is 18.2 Å². The topological polar surface area (TPSA) is 85.6 Å². The predicted molar refractivity (Wildman–Crippen MR) is 137 cm³/mol. The molecule has 2 saturated heterocycles. The zero-order valence-corrected chi connectivity index (χ0v) is 21.1. The fraction of sp³-hybridized carbons (Fsp3) is 0.607. The maximum Gasteiger partial charge on any atom is 0.329 e. The number of ether oxygens (including phenoxy) is 1. The van der Waals surface area contributed by atoms with E-state index in [9.17, 15) is 14.4 Å². The number of benzene rings is 1. The molecule has 1 aromatic carbocycles. The third-order valence-corrected chi connectivity index (χ3v) is 8.01. The smallest absolute Gasteiger partial charge is 0.329 e. The molecule has 1 N–H and O–H groups in total. The number of rotatable bonds is 5. The molecule has 1 atom stereocenters. The number of likely N-dealkylation sites (tertiary alicyclic amines) is 1. The number of nitrogens with one attached hydrogen (secondary N) is 1. The van der Waals surface area contributed by atoms with E-state index in [1.165, 1.54) is 47.8 Å². The van der Waals surface area contributed by atoms with Crippen LogP contribution < -0.4 is 11.0 Å². The van der Waals surface area contributed by atoms with Gasteiger partial charge in [-0.25, -0.2) is 4.79 Å². The van der Waals surface area contributed by atoms with Gasteiger partial charge < -0.3 is 9.64 Å². The number of imidazole rings is 1. The highest BCUT2D eigenvalue weighted by atomic mass is 16.5. The van der Waals surface area contributed by atoms with Crippen LogP contribution in [0.3, 0.4) is 0 Å². The van der Waals surface area contributed by atoms with E-state index in [4.69, 9.17) is 4.74 Å². The lowest BCUT2D eigenvalue weighted by Crippen LogP contribution is -2.44. The predicted octanol–water partition coefficient (Wildman–Crippen LogP) is 2.73. The number of amides is 2. The highest BCUT2D eigenvalue weighted by molar-refractivity contribution is 6.00. The lowest BCUT2D eigenvalue weighted by atomic mass is 9.88. The maximum absolute atomic E-state index is 13.0. The molecule has 1 aromatic heterocycles. The van der Waals surface area contributed by atoms with E-state index in [2.05, 4.69) is 22.1 Å². The van der Waals surface area contributed by atoms with E-state index in [-0.39, 0.29) is 24.1 Å². The first-order valence-electron chi connectivity index (χ1n) is 13.4.